The molecule has 2 rings (SSSR count). The maximum absolute atomic E-state index is 5.95. The van der Waals surface area contributed by atoms with E-state index in [9.17, 15) is 0 Å². The highest BCUT2D eigenvalue weighted by Crippen LogP contribution is 2.31. The van der Waals surface area contributed by atoms with Crippen LogP contribution in [0.2, 0.25) is 0 Å². The van der Waals surface area contributed by atoms with E-state index in [-0.39, 0.29) is 0 Å². The summed E-state index contributed by atoms with van der Waals surface area (Å²) in [7, 11) is 0. The van der Waals surface area contributed by atoms with Crippen molar-refractivity contribution in [2.24, 2.45) is 5.92 Å². The van der Waals surface area contributed by atoms with E-state index in [4.69, 9.17) is 11.6 Å². The molecule has 0 bridgehead atoms. The van der Waals surface area contributed by atoms with Gasteiger partial charge in [-0.15, -0.1) is 22.9 Å². The molecule has 0 N–H and O–H groups in total. The summed E-state index contributed by atoms with van der Waals surface area (Å²) in [4.78, 5) is 6.65. The minimum atomic E-state index is 0.479. The van der Waals surface area contributed by atoms with E-state index in [0.717, 1.165) is 11.7 Å². The third-order valence-corrected chi connectivity index (χ3v) is 3.83. The van der Waals surface area contributed by atoms with Gasteiger partial charge in [0.1, 0.15) is 0 Å². The Hall–Kier alpha value is -0.280. The van der Waals surface area contributed by atoms with E-state index in [1.807, 2.05) is 11.6 Å². The van der Waals surface area contributed by atoms with E-state index in [1.165, 1.54) is 6.42 Å². The lowest BCUT2D eigenvalue weighted by Gasteiger charge is -2.24. The van der Waals surface area contributed by atoms with Gasteiger partial charge >= 0.3 is 0 Å². The Labute approximate surface area is 87.5 Å². The standard InChI is InChI=1S/C9H13ClN2S/c1-7-2-4-12(8(7)6-10)9-11-3-5-13-9/h3,5,7-8H,2,4,6H2,1H3. The van der Waals surface area contributed by atoms with Crippen molar-refractivity contribution < 1.29 is 0 Å². The maximum Gasteiger partial charge on any atom is 0.185 e. The Kier molecular flexibility index (Phi) is 2.74. The second-order valence-electron chi connectivity index (χ2n) is 3.50. The predicted molar refractivity (Wildman–Crippen MR) is 57.7 cm³/mol. The minimum Gasteiger partial charge on any atom is -0.344 e. The van der Waals surface area contributed by atoms with Crippen LogP contribution in [0.5, 0.6) is 0 Å². The first-order valence-corrected chi connectivity index (χ1v) is 5.96. The highest BCUT2D eigenvalue weighted by molar-refractivity contribution is 7.13. The minimum absolute atomic E-state index is 0.479. The predicted octanol–water partition coefficient (Wildman–Crippen LogP) is 2.60. The number of hydrogen-bond donors (Lipinski definition) is 0. The van der Waals surface area contributed by atoms with Gasteiger partial charge in [0, 0.05) is 30.0 Å². The van der Waals surface area contributed by atoms with Gasteiger partial charge in [-0.25, -0.2) is 4.98 Å². The first-order chi connectivity index (χ1) is 6.33. The molecule has 2 heterocycles. The summed E-state index contributed by atoms with van der Waals surface area (Å²) >= 11 is 7.65. The van der Waals surface area contributed by atoms with Crippen LogP contribution in [0.15, 0.2) is 11.6 Å². The van der Waals surface area contributed by atoms with E-state index in [2.05, 4.69) is 16.8 Å². The number of anilines is 1. The van der Waals surface area contributed by atoms with Gasteiger partial charge in [0.05, 0.1) is 0 Å². The number of nitrogens with zero attached hydrogens (tertiary/aromatic N) is 2. The average molecular weight is 217 g/mol. The van der Waals surface area contributed by atoms with Crippen LogP contribution in [0.25, 0.3) is 0 Å². The van der Waals surface area contributed by atoms with Crippen molar-refractivity contribution in [1.29, 1.82) is 0 Å². The van der Waals surface area contributed by atoms with Crippen LogP contribution in [0.1, 0.15) is 13.3 Å². The van der Waals surface area contributed by atoms with Crippen molar-refractivity contribution in [3.05, 3.63) is 11.6 Å². The van der Waals surface area contributed by atoms with Crippen molar-refractivity contribution in [2.45, 2.75) is 19.4 Å². The van der Waals surface area contributed by atoms with Gasteiger partial charge in [-0.3, -0.25) is 0 Å². The van der Waals surface area contributed by atoms with Crippen molar-refractivity contribution in [1.82, 2.24) is 4.98 Å². The second kappa shape index (κ2) is 3.84. The van der Waals surface area contributed by atoms with Crippen molar-refractivity contribution in [3.63, 3.8) is 0 Å². The summed E-state index contributed by atoms with van der Waals surface area (Å²) in [6.07, 6.45) is 3.09. The van der Waals surface area contributed by atoms with Gasteiger partial charge in [0.25, 0.3) is 0 Å². The molecule has 1 aromatic rings. The van der Waals surface area contributed by atoms with Crippen LogP contribution in [-0.4, -0.2) is 23.5 Å². The van der Waals surface area contributed by atoms with Crippen LogP contribution in [0.4, 0.5) is 5.13 Å². The van der Waals surface area contributed by atoms with Gasteiger partial charge < -0.3 is 4.90 Å². The highest BCUT2D eigenvalue weighted by atomic mass is 35.5. The molecule has 4 heteroatoms. The van der Waals surface area contributed by atoms with Gasteiger partial charge in [-0.05, 0) is 12.3 Å². The zero-order chi connectivity index (χ0) is 9.26. The molecular weight excluding hydrogens is 204 g/mol. The van der Waals surface area contributed by atoms with Crippen molar-refractivity contribution >= 4 is 28.1 Å². The molecule has 1 saturated heterocycles. The van der Waals surface area contributed by atoms with Crippen molar-refractivity contribution in [3.8, 4) is 0 Å². The lowest BCUT2D eigenvalue weighted by molar-refractivity contribution is 0.550. The van der Waals surface area contributed by atoms with E-state index >= 15 is 0 Å². The molecule has 1 aromatic heterocycles. The Morgan fingerprint density at radius 3 is 3.23 bits per heavy atom. The number of rotatable bonds is 2. The van der Waals surface area contributed by atoms with Crippen LogP contribution in [0, 0.1) is 5.92 Å². The molecule has 0 aromatic carbocycles. The Morgan fingerprint density at radius 1 is 1.77 bits per heavy atom. The lowest BCUT2D eigenvalue weighted by Crippen LogP contribution is -2.33. The Bertz CT molecular complexity index is 263. The number of alkyl halides is 1. The largest absolute Gasteiger partial charge is 0.344 e. The molecule has 0 saturated carbocycles. The van der Waals surface area contributed by atoms with Crippen LogP contribution in [-0.2, 0) is 0 Å². The molecule has 72 valence electrons. The number of aromatic nitrogens is 1. The summed E-state index contributed by atoms with van der Waals surface area (Å²) in [5, 5.41) is 3.14. The van der Waals surface area contributed by atoms with Crippen molar-refractivity contribution in [2.75, 3.05) is 17.3 Å². The molecule has 0 aliphatic carbocycles. The molecule has 1 fully saturated rings. The highest BCUT2D eigenvalue weighted by Gasteiger charge is 2.31. The molecule has 0 amide bonds. The summed E-state index contributed by atoms with van der Waals surface area (Å²) < 4.78 is 0. The second-order valence-corrected chi connectivity index (χ2v) is 4.68. The van der Waals surface area contributed by atoms with E-state index in [1.54, 1.807) is 11.3 Å². The van der Waals surface area contributed by atoms with E-state index in [0.29, 0.717) is 17.8 Å². The normalized spacial score (nSPS) is 28.3. The third kappa shape index (κ3) is 1.67. The fraction of sp³-hybridized carbons (Fsp3) is 0.667. The number of hydrogen-bond acceptors (Lipinski definition) is 3. The topological polar surface area (TPSA) is 16.1 Å². The fourth-order valence-corrected chi connectivity index (χ4v) is 3.04. The monoisotopic (exact) mass is 216 g/mol. The summed E-state index contributed by atoms with van der Waals surface area (Å²) in [6, 6.07) is 0.479. The molecule has 2 unspecified atom stereocenters. The quantitative estimate of drug-likeness (QED) is 0.707. The summed E-state index contributed by atoms with van der Waals surface area (Å²) in [5.74, 6) is 1.40. The van der Waals surface area contributed by atoms with Gasteiger partial charge in [-0.2, -0.15) is 0 Å². The van der Waals surface area contributed by atoms with Gasteiger partial charge in [0.2, 0.25) is 0 Å². The average Bonchev–Trinajstić information content (AvgIpc) is 2.71. The Morgan fingerprint density at radius 2 is 2.62 bits per heavy atom. The molecule has 1 aliphatic heterocycles. The van der Waals surface area contributed by atoms with E-state index < -0.39 is 0 Å². The number of halogens is 1. The third-order valence-electron chi connectivity index (χ3n) is 2.71. The molecule has 0 radical (unpaired) electrons. The van der Waals surface area contributed by atoms with Crippen LogP contribution >= 0.6 is 22.9 Å². The first kappa shape index (κ1) is 9.28. The number of thiazole rings is 1. The lowest BCUT2D eigenvalue weighted by atomic mass is 10.1. The first-order valence-electron chi connectivity index (χ1n) is 4.55. The zero-order valence-corrected chi connectivity index (χ0v) is 9.18. The molecule has 2 atom stereocenters. The maximum atomic E-state index is 5.95. The molecule has 2 nitrogen and oxygen atoms in total. The van der Waals surface area contributed by atoms with Gasteiger partial charge in [-0.1, -0.05) is 6.92 Å². The van der Waals surface area contributed by atoms with Crippen LogP contribution < -0.4 is 4.90 Å². The SMILES string of the molecule is CC1CCN(c2nccs2)C1CCl. The van der Waals surface area contributed by atoms with Crippen LogP contribution in [0.3, 0.4) is 0 Å². The summed E-state index contributed by atoms with van der Waals surface area (Å²) in [6.45, 7) is 3.37. The van der Waals surface area contributed by atoms with Gasteiger partial charge in [0.15, 0.2) is 5.13 Å². The molecule has 0 spiro atoms. The molecule has 1 aliphatic rings. The molecular formula is C9H13ClN2S. The summed E-state index contributed by atoms with van der Waals surface area (Å²) in [5.41, 5.74) is 0. The smallest absolute Gasteiger partial charge is 0.185 e. The zero-order valence-electron chi connectivity index (χ0n) is 7.61. The fourth-order valence-electron chi connectivity index (χ4n) is 1.84. The Balaban J connectivity index is 2.16. The molecule has 13 heavy (non-hydrogen) atoms.